The zero-order chi connectivity index (χ0) is 17.4. The summed E-state index contributed by atoms with van der Waals surface area (Å²) in [4.78, 5) is 12.1. The third-order valence-corrected chi connectivity index (χ3v) is 3.30. The van der Waals surface area contributed by atoms with E-state index in [0.29, 0.717) is 29.4 Å². The summed E-state index contributed by atoms with van der Waals surface area (Å²) < 4.78 is 16.5. The zero-order valence-corrected chi connectivity index (χ0v) is 13.7. The molecule has 0 aliphatic rings. The van der Waals surface area contributed by atoms with Crippen molar-refractivity contribution < 1.29 is 19.0 Å². The summed E-state index contributed by atoms with van der Waals surface area (Å²) in [5.74, 6) is 3.32. The summed E-state index contributed by atoms with van der Waals surface area (Å²) in [5, 5.41) is 2.60. The molecule has 5 nitrogen and oxygen atoms in total. The number of terminal acetylenes is 1. The molecular formula is C19H19NO4. The second-order valence-corrected chi connectivity index (χ2v) is 4.87. The summed E-state index contributed by atoms with van der Waals surface area (Å²) in [6, 6.07) is 12.9. The summed E-state index contributed by atoms with van der Waals surface area (Å²) in [6.45, 7) is 0.506. The van der Waals surface area contributed by atoms with Crippen LogP contribution in [0.25, 0.3) is 0 Å². The lowest BCUT2D eigenvalue weighted by Crippen LogP contribution is -2.23. The highest BCUT2D eigenvalue weighted by atomic mass is 16.5. The third kappa shape index (κ3) is 4.20. The Morgan fingerprint density at radius 2 is 1.75 bits per heavy atom. The van der Waals surface area contributed by atoms with Crippen molar-refractivity contribution in [2.24, 2.45) is 0 Å². The molecule has 5 heteroatoms. The van der Waals surface area contributed by atoms with E-state index in [2.05, 4.69) is 11.2 Å². The quantitative estimate of drug-likeness (QED) is 0.795. The Balaban J connectivity index is 2.26. The first-order chi connectivity index (χ1) is 11.7. The topological polar surface area (TPSA) is 56.8 Å². The van der Waals surface area contributed by atoms with E-state index in [1.54, 1.807) is 12.1 Å². The van der Waals surface area contributed by atoms with Crippen molar-refractivity contribution in [1.29, 1.82) is 0 Å². The number of ether oxygens (including phenoxy) is 3. The average molecular weight is 325 g/mol. The van der Waals surface area contributed by atoms with Crippen LogP contribution in [-0.4, -0.2) is 26.7 Å². The van der Waals surface area contributed by atoms with Gasteiger partial charge in [0.2, 0.25) is 5.75 Å². The molecule has 0 aliphatic heterocycles. The van der Waals surface area contributed by atoms with Gasteiger partial charge in [0.05, 0.1) is 20.8 Å². The number of carbonyl (C=O) groups is 1. The minimum Gasteiger partial charge on any atom is -0.493 e. The van der Waals surface area contributed by atoms with Gasteiger partial charge < -0.3 is 19.5 Å². The number of carbonyl (C=O) groups excluding carboxylic acids is 1. The number of hydrogen-bond donors (Lipinski definition) is 1. The lowest BCUT2D eigenvalue weighted by Gasteiger charge is -2.16. The monoisotopic (exact) mass is 325 g/mol. The number of methoxy groups -OCH3 is 2. The molecule has 0 atom stereocenters. The SMILES string of the molecule is C#CCNC(=O)c1cc(OC)c(OCc2ccccc2)c(OC)c1. The van der Waals surface area contributed by atoms with Gasteiger partial charge in [0, 0.05) is 5.56 Å². The molecule has 0 unspecified atom stereocenters. The molecule has 2 aromatic carbocycles. The fraction of sp³-hybridized carbons (Fsp3) is 0.211. The molecule has 0 heterocycles. The number of amides is 1. The molecule has 1 amide bonds. The van der Waals surface area contributed by atoms with Crippen LogP contribution in [-0.2, 0) is 6.61 Å². The first-order valence-corrected chi connectivity index (χ1v) is 7.34. The van der Waals surface area contributed by atoms with Gasteiger partial charge in [-0.15, -0.1) is 6.42 Å². The molecule has 2 rings (SSSR count). The molecule has 2 aromatic rings. The van der Waals surface area contributed by atoms with Crippen molar-refractivity contribution in [3.63, 3.8) is 0 Å². The summed E-state index contributed by atoms with van der Waals surface area (Å²) in [6.07, 6.45) is 5.15. The highest BCUT2D eigenvalue weighted by Gasteiger charge is 2.17. The molecule has 0 fully saturated rings. The Bertz CT molecular complexity index is 710. The van der Waals surface area contributed by atoms with Gasteiger partial charge in [-0.05, 0) is 17.7 Å². The number of benzene rings is 2. The second-order valence-electron chi connectivity index (χ2n) is 4.87. The van der Waals surface area contributed by atoms with Crippen LogP contribution in [0.5, 0.6) is 17.2 Å². The van der Waals surface area contributed by atoms with Gasteiger partial charge in [0.25, 0.3) is 5.91 Å². The van der Waals surface area contributed by atoms with E-state index in [0.717, 1.165) is 5.56 Å². The summed E-state index contributed by atoms with van der Waals surface area (Å²) in [5.41, 5.74) is 1.39. The minimum absolute atomic E-state index is 0.149. The predicted octanol–water partition coefficient (Wildman–Crippen LogP) is 2.65. The highest BCUT2D eigenvalue weighted by molar-refractivity contribution is 5.95. The molecule has 0 saturated heterocycles. The van der Waals surface area contributed by atoms with Gasteiger partial charge in [-0.3, -0.25) is 4.79 Å². The fourth-order valence-electron chi connectivity index (χ4n) is 2.12. The lowest BCUT2D eigenvalue weighted by molar-refractivity contribution is 0.0958. The fourth-order valence-corrected chi connectivity index (χ4v) is 2.12. The van der Waals surface area contributed by atoms with E-state index in [1.165, 1.54) is 14.2 Å². The molecule has 0 spiro atoms. The molecule has 0 aromatic heterocycles. The molecule has 24 heavy (non-hydrogen) atoms. The summed E-state index contributed by atoms with van der Waals surface area (Å²) >= 11 is 0. The third-order valence-electron chi connectivity index (χ3n) is 3.30. The van der Waals surface area contributed by atoms with Gasteiger partial charge >= 0.3 is 0 Å². The maximum absolute atomic E-state index is 12.1. The van der Waals surface area contributed by atoms with Crippen molar-refractivity contribution in [1.82, 2.24) is 5.32 Å². The van der Waals surface area contributed by atoms with Gasteiger partial charge in [-0.2, -0.15) is 0 Å². The second kappa shape index (κ2) is 8.49. The van der Waals surface area contributed by atoms with Crippen LogP contribution in [0, 0.1) is 12.3 Å². The van der Waals surface area contributed by atoms with Crippen LogP contribution >= 0.6 is 0 Å². The Kier molecular flexibility index (Phi) is 6.09. The smallest absolute Gasteiger partial charge is 0.252 e. The van der Waals surface area contributed by atoms with Crippen molar-refractivity contribution in [2.45, 2.75) is 6.61 Å². The van der Waals surface area contributed by atoms with Crippen LogP contribution in [0.15, 0.2) is 42.5 Å². The maximum Gasteiger partial charge on any atom is 0.252 e. The molecule has 1 N–H and O–H groups in total. The number of hydrogen-bond acceptors (Lipinski definition) is 4. The average Bonchev–Trinajstić information content (AvgIpc) is 2.64. The van der Waals surface area contributed by atoms with E-state index in [4.69, 9.17) is 20.6 Å². The molecule has 0 saturated carbocycles. The Labute approximate surface area is 141 Å². The van der Waals surface area contributed by atoms with Gasteiger partial charge in [0.15, 0.2) is 11.5 Å². The molecule has 0 aliphatic carbocycles. The molecular weight excluding hydrogens is 306 g/mol. The van der Waals surface area contributed by atoms with Crippen molar-refractivity contribution in [3.8, 4) is 29.6 Å². The summed E-state index contributed by atoms with van der Waals surface area (Å²) in [7, 11) is 3.01. The Morgan fingerprint density at radius 3 is 2.29 bits per heavy atom. The van der Waals surface area contributed by atoms with Crippen LogP contribution in [0.2, 0.25) is 0 Å². The Morgan fingerprint density at radius 1 is 1.12 bits per heavy atom. The first-order valence-electron chi connectivity index (χ1n) is 7.34. The zero-order valence-electron chi connectivity index (χ0n) is 13.7. The predicted molar refractivity (Wildman–Crippen MR) is 91.5 cm³/mol. The van der Waals surface area contributed by atoms with E-state index < -0.39 is 0 Å². The van der Waals surface area contributed by atoms with Gasteiger partial charge in [0.1, 0.15) is 6.61 Å². The van der Waals surface area contributed by atoms with Gasteiger partial charge in [-0.25, -0.2) is 0 Å². The van der Waals surface area contributed by atoms with Gasteiger partial charge in [-0.1, -0.05) is 36.3 Å². The first kappa shape index (κ1) is 17.2. The normalized spacial score (nSPS) is 9.71. The molecule has 0 radical (unpaired) electrons. The standard InChI is InChI=1S/C19H19NO4/c1-4-10-20-19(21)15-11-16(22-2)18(17(12-15)23-3)24-13-14-8-6-5-7-9-14/h1,5-9,11-12H,10,13H2,2-3H3,(H,20,21). The maximum atomic E-state index is 12.1. The largest absolute Gasteiger partial charge is 0.493 e. The van der Waals surface area contributed by atoms with Crippen LogP contribution in [0.3, 0.4) is 0 Å². The van der Waals surface area contributed by atoms with Crippen molar-refractivity contribution >= 4 is 5.91 Å². The van der Waals surface area contributed by atoms with E-state index in [9.17, 15) is 4.79 Å². The highest BCUT2D eigenvalue weighted by Crippen LogP contribution is 2.39. The van der Waals surface area contributed by atoms with E-state index >= 15 is 0 Å². The molecule has 124 valence electrons. The molecule has 0 bridgehead atoms. The van der Waals surface area contributed by atoms with Crippen LogP contribution < -0.4 is 19.5 Å². The lowest BCUT2D eigenvalue weighted by atomic mass is 10.1. The van der Waals surface area contributed by atoms with Crippen LogP contribution in [0.4, 0.5) is 0 Å². The number of nitrogens with one attached hydrogen (secondary N) is 1. The minimum atomic E-state index is -0.306. The van der Waals surface area contributed by atoms with Crippen molar-refractivity contribution in [3.05, 3.63) is 53.6 Å². The van der Waals surface area contributed by atoms with E-state index in [-0.39, 0.29) is 12.5 Å². The Hall–Kier alpha value is -3.13. The number of rotatable bonds is 7. The van der Waals surface area contributed by atoms with E-state index in [1.807, 2.05) is 30.3 Å². The van der Waals surface area contributed by atoms with Crippen LogP contribution in [0.1, 0.15) is 15.9 Å². The van der Waals surface area contributed by atoms with Crippen molar-refractivity contribution in [2.75, 3.05) is 20.8 Å².